The molecule has 0 unspecified atom stereocenters. The minimum Gasteiger partial charge on any atom is -0.493 e. The van der Waals surface area contributed by atoms with Crippen LogP contribution in [-0.4, -0.2) is 31.8 Å². The van der Waals surface area contributed by atoms with Gasteiger partial charge >= 0.3 is 0 Å². The molecule has 0 atom stereocenters. The normalized spacial score (nSPS) is 14.5. The van der Waals surface area contributed by atoms with Gasteiger partial charge in [0.25, 0.3) is 5.91 Å². The Kier molecular flexibility index (Phi) is 9.42. The topological polar surface area (TPSA) is 72.0 Å². The van der Waals surface area contributed by atoms with Crippen LogP contribution in [0.15, 0.2) is 41.5 Å². The third kappa shape index (κ3) is 7.36. The predicted molar refractivity (Wildman–Crippen MR) is 132 cm³/mol. The number of methoxy groups -OCH3 is 1. The van der Waals surface area contributed by atoms with E-state index in [1.54, 1.807) is 13.3 Å². The van der Waals surface area contributed by atoms with Crippen LogP contribution in [0.4, 0.5) is 0 Å². The highest BCUT2D eigenvalue weighted by Gasteiger charge is 2.14. The Hall–Kier alpha value is -1.84. The smallest absolute Gasteiger partial charge is 0.254 e. The maximum Gasteiger partial charge on any atom is 0.254 e. The van der Waals surface area contributed by atoms with Crippen LogP contribution in [-0.2, 0) is 11.4 Å². The minimum atomic E-state index is -0.150. The molecule has 1 fully saturated rings. The molecule has 2 aromatic rings. The monoisotopic (exact) mass is 555 g/mol. The first kappa shape index (κ1) is 23.8. The first-order valence-corrected chi connectivity index (χ1v) is 11.8. The molecule has 1 amide bonds. The molecule has 6 nitrogen and oxygen atoms in total. The fraction of sp³-hybridized carbons (Fsp3) is 0.391. The van der Waals surface area contributed by atoms with Crippen LogP contribution in [0.5, 0.6) is 11.5 Å². The Morgan fingerprint density at radius 1 is 1.26 bits per heavy atom. The summed E-state index contributed by atoms with van der Waals surface area (Å²) in [5, 5.41) is 8.04. The lowest BCUT2D eigenvalue weighted by Crippen LogP contribution is -2.38. The largest absolute Gasteiger partial charge is 0.493 e. The number of nitrogens with zero attached hydrogens (tertiary/aromatic N) is 1. The molecular weight excluding hydrogens is 529 g/mol. The van der Waals surface area contributed by atoms with E-state index in [4.69, 9.17) is 21.1 Å². The van der Waals surface area contributed by atoms with Gasteiger partial charge in [-0.1, -0.05) is 49.1 Å². The molecule has 1 aliphatic rings. The second kappa shape index (κ2) is 12.3. The van der Waals surface area contributed by atoms with Gasteiger partial charge in [0, 0.05) is 16.6 Å². The number of hydrogen-bond donors (Lipinski definition) is 2. The summed E-state index contributed by atoms with van der Waals surface area (Å²) in [6.07, 6.45) is 7.63. The van der Waals surface area contributed by atoms with Crippen molar-refractivity contribution in [1.29, 1.82) is 0 Å². The Balaban J connectivity index is 1.56. The lowest BCUT2D eigenvalue weighted by Gasteiger charge is -2.22. The van der Waals surface area contributed by atoms with Crippen molar-refractivity contribution in [2.45, 2.75) is 44.8 Å². The molecule has 166 valence electrons. The summed E-state index contributed by atoms with van der Waals surface area (Å²) >= 11 is 8.40. The SMILES string of the molecule is COc1cc(/C=N\NC(=O)CNC2CCCCC2)cc(I)c1OCc1ccccc1Cl. The second-order valence-corrected chi connectivity index (χ2v) is 8.99. The van der Waals surface area contributed by atoms with E-state index in [2.05, 4.69) is 38.4 Å². The summed E-state index contributed by atoms with van der Waals surface area (Å²) in [5.74, 6) is 1.08. The van der Waals surface area contributed by atoms with Crippen molar-refractivity contribution in [3.63, 3.8) is 0 Å². The summed E-state index contributed by atoms with van der Waals surface area (Å²) in [6, 6.07) is 11.7. The Morgan fingerprint density at radius 2 is 2.03 bits per heavy atom. The summed E-state index contributed by atoms with van der Waals surface area (Å²) < 4.78 is 12.3. The Labute approximate surface area is 201 Å². The highest BCUT2D eigenvalue weighted by atomic mass is 127. The molecule has 0 heterocycles. The van der Waals surface area contributed by atoms with E-state index in [9.17, 15) is 4.79 Å². The summed E-state index contributed by atoms with van der Waals surface area (Å²) in [7, 11) is 1.59. The molecule has 3 rings (SSSR count). The average molecular weight is 556 g/mol. The molecule has 0 spiro atoms. The maximum atomic E-state index is 12.0. The lowest BCUT2D eigenvalue weighted by atomic mass is 9.95. The zero-order valence-corrected chi connectivity index (χ0v) is 20.4. The maximum absolute atomic E-state index is 12.0. The third-order valence-electron chi connectivity index (χ3n) is 5.14. The number of carbonyl (C=O) groups excluding carboxylic acids is 1. The van der Waals surface area contributed by atoms with Crippen LogP contribution in [0.2, 0.25) is 5.02 Å². The Bertz CT molecular complexity index is 917. The number of hydrogen-bond acceptors (Lipinski definition) is 5. The molecule has 0 saturated heterocycles. The number of amides is 1. The van der Waals surface area contributed by atoms with Crippen LogP contribution in [0, 0.1) is 3.57 Å². The van der Waals surface area contributed by atoms with Crippen LogP contribution in [0.3, 0.4) is 0 Å². The molecular formula is C23H27ClIN3O3. The van der Waals surface area contributed by atoms with Gasteiger partial charge in [0.2, 0.25) is 0 Å². The van der Waals surface area contributed by atoms with Gasteiger partial charge in [0.15, 0.2) is 11.5 Å². The lowest BCUT2D eigenvalue weighted by molar-refractivity contribution is -0.120. The molecule has 0 aromatic heterocycles. The van der Waals surface area contributed by atoms with E-state index in [0.717, 1.165) is 27.5 Å². The number of ether oxygens (including phenoxy) is 2. The van der Waals surface area contributed by atoms with Gasteiger partial charge in [-0.2, -0.15) is 5.10 Å². The zero-order chi connectivity index (χ0) is 22.1. The van der Waals surface area contributed by atoms with Crippen LogP contribution >= 0.6 is 34.2 Å². The molecule has 2 N–H and O–H groups in total. The van der Waals surface area contributed by atoms with Gasteiger partial charge in [-0.15, -0.1) is 0 Å². The van der Waals surface area contributed by atoms with Gasteiger partial charge in [-0.25, -0.2) is 5.43 Å². The molecule has 1 saturated carbocycles. The molecule has 1 aliphatic carbocycles. The van der Waals surface area contributed by atoms with Crippen LogP contribution in [0.25, 0.3) is 0 Å². The van der Waals surface area contributed by atoms with Gasteiger partial charge in [0.05, 0.1) is 23.4 Å². The van der Waals surface area contributed by atoms with E-state index >= 15 is 0 Å². The summed E-state index contributed by atoms with van der Waals surface area (Å²) in [6.45, 7) is 0.612. The van der Waals surface area contributed by atoms with Crippen molar-refractivity contribution >= 4 is 46.3 Å². The summed E-state index contributed by atoms with van der Waals surface area (Å²) in [5.41, 5.74) is 4.27. The average Bonchev–Trinajstić information content (AvgIpc) is 2.78. The van der Waals surface area contributed by atoms with E-state index in [-0.39, 0.29) is 12.5 Å². The fourth-order valence-corrected chi connectivity index (χ4v) is 4.45. The highest BCUT2D eigenvalue weighted by Crippen LogP contribution is 2.34. The minimum absolute atomic E-state index is 0.150. The third-order valence-corrected chi connectivity index (χ3v) is 6.31. The zero-order valence-electron chi connectivity index (χ0n) is 17.5. The highest BCUT2D eigenvalue weighted by molar-refractivity contribution is 14.1. The molecule has 0 radical (unpaired) electrons. The number of carbonyl (C=O) groups is 1. The quantitative estimate of drug-likeness (QED) is 0.262. The summed E-state index contributed by atoms with van der Waals surface area (Å²) in [4.78, 5) is 12.0. The van der Waals surface area contributed by atoms with Gasteiger partial charge in [-0.05, 0) is 59.2 Å². The van der Waals surface area contributed by atoms with Crippen molar-refractivity contribution in [3.05, 3.63) is 56.1 Å². The molecule has 2 aromatic carbocycles. The van der Waals surface area contributed by atoms with Crippen LogP contribution < -0.4 is 20.2 Å². The van der Waals surface area contributed by atoms with Gasteiger partial charge in [-0.3, -0.25) is 4.79 Å². The predicted octanol–water partition coefficient (Wildman–Crippen LogP) is 4.90. The standard InChI is InChI=1S/C23H27ClIN3O3/c1-30-21-12-16(13-27-28-22(29)14-26-18-8-3-2-4-9-18)11-20(25)23(21)31-15-17-7-5-6-10-19(17)24/h5-7,10-13,18,26H,2-4,8-9,14-15H2,1H3,(H,28,29)/b27-13-. The van der Waals surface area contributed by atoms with Crippen LogP contribution in [0.1, 0.15) is 43.2 Å². The van der Waals surface area contributed by atoms with Crippen molar-refractivity contribution in [1.82, 2.24) is 10.7 Å². The van der Waals surface area contributed by atoms with Crippen molar-refractivity contribution < 1.29 is 14.3 Å². The van der Waals surface area contributed by atoms with Crippen molar-refractivity contribution in [2.75, 3.05) is 13.7 Å². The van der Waals surface area contributed by atoms with Crippen molar-refractivity contribution in [3.8, 4) is 11.5 Å². The van der Waals surface area contributed by atoms with Crippen molar-refractivity contribution in [2.24, 2.45) is 5.10 Å². The molecule has 31 heavy (non-hydrogen) atoms. The first-order valence-electron chi connectivity index (χ1n) is 10.4. The van der Waals surface area contributed by atoms with E-state index in [1.165, 1.54) is 19.3 Å². The number of hydrazone groups is 1. The number of nitrogens with one attached hydrogen (secondary N) is 2. The number of halogens is 2. The fourth-order valence-electron chi connectivity index (χ4n) is 3.48. The Morgan fingerprint density at radius 3 is 2.77 bits per heavy atom. The molecule has 8 heteroatoms. The molecule has 0 bridgehead atoms. The van der Waals surface area contributed by atoms with E-state index in [0.29, 0.717) is 29.2 Å². The molecule has 0 aliphatic heterocycles. The second-order valence-electron chi connectivity index (χ2n) is 7.42. The first-order chi connectivity index (χ1) is 15.1. The van der Waals surface area contributed by atoms with E-state index in [1.807, 2.05) is 36.4 Å². The number of benzene rings is 2. The number of rotatable bonds is 9. The van der Waals surface area contributed by atoms with E-state index < -0.39 is 0 Å². The van der Waals surface area contributed by atoms with Gasteiger partial charge < -0.3 is 14.8 Å². The van der Waals surface area contributed by atoms with Gasteiger partial charge in [0.1, 0.15) is 6.61 Å².